The quantitative estimate of drug-likeness (QED) is 0.432. The number of likely N-dealkylation sites (tertiary alicyclic amines) is 1. The summed E-state index contributed by atoms with van der Waals surface area (Å²) < 4.78 is 33.7. The Kier molecular flexibility index (Phi) is 7.05. The fourth-order valence-corrected chi connectivity index (χ4v) is 6.06. The summed E-state index contributed by atoms with van der Waals surface area (Å²) in [5.74, 6) is 0.472. The van der Waals surface area contributed by atoms with Gasteiger partial charge < -0.3 is 4.90 Å². The van der Waals surface area contributed by atoms with Crippen LogP contribution in [0.3, 0.4) is 0 Å². The number of aromatic nitrogens is 2. The second-order valence-corrected chi connectivity index (χ2v) is 11.2. The van der Waals surface area contributed by atoms with Crippen molar-refractivity contribution < 1.29 is 13.0 Å². The topological polar surface area (TPSA) is 88.3 Å². The van der Waals surface area contributed by atoms with Gasteiger partial charge in [-0.3, -0.25) is 4.72 Å². The van der Waals surface area contributed by atoms with E-state index in [1.807, 2.05) is 12.1 Å². The maximum Gasteiger partial charge on any atom is 0.264 e. The van der Waals surface area contributed by atoms with Gasteiger partial charge in [0, 0.05) is 12.2 Å². The first kappa shape index (κ1) is 23.7. The zero-order valence-corrected chi connectivity index (χ0v) is 20.6. The fourth-order valence-electron chi connectivity index (χ4n) is 4.86. The maximum absolute atomic E-state index is 13.1. The van der Waals surface area contributed by atoms with E-state index in [-0.39, 0.29) is 15.8 Å². The first-order chi connectivity index (χ1) is 15.8. The van der Waals surface area contributed by atoms with E-state index in [1.165, 1.54) is 43.9 Å². The zero-order valence-electron chi connectivity index (χ0n) is 19.8. The Balaban J connectivity index is 1.49. The summed E-state index contributed by atoms with van der Waals surface area (Å²) in [7, 11) is -3.84. The lowest BCUT2D eigenvalue weighted by Gasteiger charge is -2.45. The van der Waals surface area contributed by atoms with E-state index in [1.54, 1.807) is 18.2 Å². The highest BCUT2D eigenvalue weighted by molar-refractivity contribution is 7.93. The number of anilines is 1. The van der Waals surface area contributed by atoms with Crippen LogP contribution in [0.15, 0.2) is 52.0 Å². The van der Waals surface area contributed by atoms with Crippen LogP contribution in [0.4, 0.5) is 5.69 Å². The van der Waals surface area contributed by atoms with Crippen LogP contribution in [0.5, 0.6) is 0 Å². The second kappa shape index (κ2) is 9.81. The van der Waals surface area contributed by atoms with E-state index in [0.717, 1.165) is 19.5 Å². The van der Waals surface area contributed by atoms with Crippen molar-refractivity contribution in [3.05, 3.63) is 48.0 Å². The molecule has 1 aliphatic heterocycles. The third-order valence-corrected chi connectivity index (χ3v) is 8.62. The van der Waals surface area contributed by atoms with Gasteiger partial charge in [-0.15, -0.1) is 0 Å². The third-order valence-electron chi connectivity index (χ3n) is 7.21. The molecule has 0 unspecified atom stereocenters. The van der Waals surface area contributed by atoms with Gasteiger partial charge in [0.1, 0.15) is 10.4 Å². The molecule has 2 atom stereocenters. The summed E-state index contributed by atoms with van der Waals surface area (Å²) >= 11 is 0. The van der Waals surface area contributed by atoms with Crippen molar-refractivity contribution in [3.63, 3.8) is 0 Å². The molecule has 2 aromatic carbocycles. The van der Waals surface area contributed by atoms with Crippen LogP contribution in [-0.2, 0) is 15.4 Å². The molecule has 0 amide bonds. The van der Waals surface area contributed by atoms with Crippen LogP contribution >= 0.6 is 0 Å². The van der Waals surface area contributed by atoms with Gasteiger partial charge in [-0.1, -0.05) is 58.2 Å². The van der Waals surface area contributed by atoms with Gasteiger partial charge in [0.15, 0.2) is 5.52 Å². The lowest BCUT2D eigenvalue weighted by molar-refractivity contribution is 0.109. The molecule has 0 radical (unpaired) electrons. The first-order valence-electron chi connectivity index (χ1n) is 11.9. The predicted octanol–water partition coefficient (Wildman–Crippen LogP) is 5.20. The zero-order chi connectivity index (χ0) is 23.5. The van der Waals surface area contributed by atoms with Crippen molar-refractivity contribution in [2.24, 2.45) is 5.92 Å². The van der Waals surface area contributed by atoms with Crippen LogP contribution in [0, 0.1) is 5.92 Å². The van der Waals surface area contributed by atoms with Crippen molar-refractivity contribution in [2.45, 2.75) is 63.2 Å². The van der Waals surface area contributed by atoms with Gasteiger partial charge in [0.25, 0.3) is 10.0 Å². The van der Waals surface area contributed by atoms with Crippen molar-refractivity contribution in [1.82, 2.24) is 15.2 Å². The number of sulfonamides is 1. The highest BCUT2D eigenvalue weighted by Gasteiger charge is 2.38. The highest BCUT2D eigenvalue weighted by Crippen LogP contribution is 2.40. The van der Waals surface area contributed by atoms with Crippen molar-refractivity contribution in [1.29, 1.82) is 0 Å². The average molecular weight is 471 g/mol. The molecule has 1 aromatic heterocycles. The van der Waals surface area contributed by atoms with E-state index < -0.39 is 10.0 Å². The molecule has 178 valence electrons. The van der Waals surface area contributed by atoms with Crippen LogP contribution in [0.1, 0.15) is 58.4 Å². The fraction of sp³-hybridized carbons (Fsp3) is 0.520. The van der Waals surface area contributed by atoms with Gasteiger partial charge in [0.05, 0.1) is 0 Å². The van der Waals surface area contributed by atoms with Gasteiger partial charge in [-0.2, -0.15) is 0 Å². The molecule has 3 aromatic rings. The smallest absolute Gasteiger partial charge is 0.264 e. The number of nitrogens with one attached hydrogen (secondary N) is 1. The SMILES string of the molecule is CCCCCCN1CC[C@](C)(c2cccc(NS(=O)(=O)c3cccc4nonc34)c2)[C@@H](C)C1. The largest absolute Gasteiger partial charge is 0.303 e. The molecular formula is C25H34N4O3S. The van der Waals surface area contributed by atoms with Crippen molar-refractivity contribution in [2.75, 3.05) is 24.4 Å². The molecule has 1 fully saturated rings. The summed E-state index contributed by atoms with van der Waals surface area (Å²) in [5, 5.41) is 7.51. The van der Waals surface area contributed by atoms with Crippen LogP contribution < -0.4 is 4.72 Å². The van der Waals surface area contributed by atoms with E-state index in [9.17, 15) is 8.42 Å². The molecule has 8 heteroatoms. The molecule has 2 heterocycles. The minimum absolute atomic E-state index is 0.00256. The van der Waals surface area contributed by atoms with E-state index in [2.05, 4.69) is 46.8 Å². The van der Waals surface area contributed by atoms with Crippen LogP contribution in [0.25, 0.3) is 11.0 Å². The Bertz CT molecular complexity index is 1190. The normalized spacial score (nSPS) is 22.0. The monoisotopic (exact) mass is 470 g/mol. The first-order valence-corrected chi connectivity index (χ1v) is 13.4. The molecule has 0 saturated carbocycles. The summed E-state index contributed by atoms with van der Waals surface area (Å²) in [5.41, 5.74) is 2.36. The number of hydrogen-bond acceptors (Lipinski definition) is 6. The molecular weight excluding hydrogens is 436 g/mol. The molecule has 33 heavy (non-hydrogen) atoms. The molecule has 4 rings (SSSR count). The third kappa shape index (κ3) is 5.06. The lowest BCUT2D eigenvalue weighted by atomic mass is 9.68. The maximum atomic E-state index is 13.1. The van der Waals surface area contributed by atoms with E-state index in [4.69, 9.17) is 4.63 Å². The Morgan fingerprint density at radius 2 is 1.97 bits per heavy atom. The predicted molar refractivity (Wildman–Crippen MR) is 131 cm³/mol. The Labute approximate surface area is 196 Å². The Morgan fingerprint density at radius 1 is 1.15 bits per heavy atom. The number of benzene rings is 2. The average Bonchev–Trinajstić information content (AvgIpc) is 3.28. The van der Waals surface area contributed by atoms with Crippen molar-refractivity contribution in [3.8, 4) is 0 Å². The number of unbranched alkanes of at least 4 members (excludes halogenated alkanes) is 3. The van der Waals surface area contributed by atoms with Crippen LogP contribution in [-0.4, -0.2) is 43.3 Å². The van der Waals surface area contributed by atoms with E-state index in [0.29, 0.717) is 17.1 Å². The number of rotatable bonds is 9. The minimum Gasteiger partial charge on any atom is -0.303 e. The Hall–Kier alpha value is -2.45. The van der Waals surface area contributed by atoms with E-state index >= 15 is 0 Å². The summed E-state index contributed by atoms with van der Waals surface area (Å²) in [6.45, 7) is 10.2. The molecule has 0 spiro atoms. The number of hydrogen-bond donors (Lipinski definition) is 1. The van der Waals surface area contributed by atoms with Crippen LogP contribution in [0.2, 0.25) is 0 Å². The number of fused-ring (bicyclic) bond motifs is 1. The molecule has 0 bridgehead atoms. The summed E-state index contributed by atoms with van der Waals surface area (Å²) in [6.07, 6.45) is 6.20. The molecule has 7 nitrogen and oxygen atoms in total. The highest BCUT2D eigenvalue weighted by atomic mass is 32.2. The number of piperidine rings is 1. The second-order valence-electron chi connectivity index (χ2n) is 9.50. The Morgan fingerprint density at radius 3 is 2.76 bits per heavy atom. The summed E-state index contributed by atoms with van der Waals surface area (Å²) in [4.78, 5) is 2.64. The standard InChI is InChI=1S/C25H34N4O3S/c1-4-5-6-7-15-29-16-14-25(3,19(2)18-29)20-10-8-11-21(17-20)28-33(30,31)23-13-9-12-22-24(23)27-32-26-22/h8-13,17,19,28H,4-7,14-16,18H2,1-3H3/t19-,25-/m0/s1. The molecule has 1 aliphatic rings. The lowest BCUT2D eigenvalue weighted by Crippen LogP contribution is -2.47. The van der Waals surface area contributed by atoms with Gasteiger partial charge in [-0.05, 0) is 77.4 Å². The van der Waals surface area contributed by atoms with Crippen molar-refractivity contribution >= 4 is 26.7 Å². The van der Waals surface area contributed by atoms with Gasteiger partial charge in [0.2, 0.25) is 0 Å². The summed E-state index contributed by atoms with van der Waals surface area (Å²) in [6, 6.07) is 12.6. The van der Waals surface area contributed by atoms with Gasteiger partial charge >= 0.3 is 0 Å². The number of nitrogens with zero attached hydrogens (tertiary/aromatic N) is 3. The molecule has 1 saturated heterocycles. The minimum atomic E-state index is -3.84. The molecule has 1 N–H and O–H groups in total. The van der Waals surface area contributed by atoms with Gasteiger partial charge in [-0.25, -0.2) is 13.0 Å². The molecule has 0 aliphatic carbocycles.